The van der Waals surface area contributed by atoms with Crippen LogP contribution in [0.3, 0.4) is 0 Å². The second-order valence-electron chi connectivity index (χ2n) is 26.2. The van der Waals surface area contributed by atoms with E-state index in [4.69, 9.17) is 33.5 Å². The van der Waals surface area contributed by atoms with Crippen LogP contribution in [0.5, 0.6) is 11.5 Å². The number of carbonyl (C=O) groups excluding carboxylic acids is 7. The van der Waals surface area contributed by atoms with Gasteiger partial charge >= 0.3 is 29.8 Å². The highest BCUT2D eigenvalue weighted by Crippen LogP contribution is 2.45. The van der Waals surface area contributed by atoms with Crippen LogP contribution in [0.15, 0.2) is 324 Å². The molecule has 1 unspecified atom stereocenters. The number of thiazole rings is 1. The number of nitrogens with one attached hydrogen (secondary N) is 2. The fourth-order valence-electron chi connectivity index (χ4n) is 13.5. The Morgan fingerprint density at radius 1 is 0.553 bits per heavy atom. The number of thioether (sulfide) groups is 2. The number of amides is 2. The number of nitrogens with zero attached hydrogens (tertiary/aromatic N) is 8. The number of rotatable bonds is 28. The van der Waals surface area contributed by atoms with E-state index < -0.39 is 88.7 Å². The van der Waals surface area contributed by atoms with Gasteiger partial charge < -0.3 is 39.2 Å². The van der Waals surface area contributed by atoms with Crippen LogP contribution in [-0.2, 0) is 53.4 Å². The number of aromatic nitrogens is 6. The number of esters is 5. The lowest BCUT2D eigenvalue weighted by Gasteiger charge is -2.49. The minimum Gasteiger partial charge on any atom is -0.449 e. The molecule has 0 saturated carbocycles. The Labute approximate surface area is 666 Å². The van der Waals surface area contributed by atoms with Gasteiger partial charge in [-0.3, -0.25) is 24.1 Å². The van der Waals surface area contributed by atoms with Crippen molar-refractivity contribution < 1.29 is 62.1 Å². The number of tetrazole rings is 1. The van der Waals surface area contributed by atoms with Gasteiger partial charge in [-0.15, -0.1) is 37.9 Å². The van der Waals surface area contributed by atoms with E-state index in [9.17, 15) is 14.4 Å². The van der Waals surface area contributed by atoms with Gasteiger partial charge in [0.2, 0.25) is 11.8 Å². The lowest BCUT2D eigenvalue weighted by atomic mass is 9.77. The number of hydrogen-bond acceptors (Lipinski definition) is 23. The Hall–Kier alpha value is -13.7. The van der Waals surface area contributed by atoms with Crippen molar-refractivity contribution in [2.24, 2.45) is 5.16 Å². The summed E-state index contributed by atoms with van der Waals surface area (Å²) in [5.74, 6) is -6.24. The van der Waals surface area contributed by atoms with Crippen molar-refractivity contribution in [1.29, 1.82) is 0 Å². The van der Waals surface area contributed by atoms with E-state index >= 15 is 19.2 Å². The first kappa shape index (κ1) is 75.7. The quantitative estimate of drug-likeness (QED) is 0.00673. The molecule has 2 aliphatic rings. The molecule has 566 valence electrons. The van der Waals surface area contributed by atoms with E-state index in [0.717, 1.165) is 69.4 Å². The van der Waals surface area contributed by atoms with Crippen LogP contribution in [-0.4, -0.2) is 105 Å². The van der Waals surface area contributed by atoms with Crippen LogP contribution >= 0.6 is 34.9 Å². The predicted molar refractivity (Wildman–Crippen MR) is 427 cm³/mol. The van der Waals surface area contributed by atoms with Crippen molar-refractivity contribution in [3.63, 3.8) is 0 Å². The summed E-state index contributed by atoms with van der Waals surface area (Å²) in [6, 6.07) is 88.2. The zero-order valence-corrected chi connectivity index (χ0v) is 63.3. The molecule has 3 atom stereocenters. The van der Waals surface area contributed by atoms with Gasteiger partial charge in [-0.1, -0.05) is 296 Å². The van der Waals surface area contributed by atoms with Crippen molar-refractivity contribution in [1.82, 2.24) is 40.5 Å². The predicted octanol–water partition coefficient (Wildman–Crippen LogP) is 14.8. The second-order valence-corrected chi connectivity index (χ2v) is 29.1. The summed E-state index contributed by atoms with van der Waals surface area (Å²) < 4.78 is 31.5. The molecule has 5 heterocycles. The Bertz CT molecular complexity index is 5490. The number of anilines is 1. The number of hydrogen-bond donors (Lipinski definition) is 2. The highest BCUT2D eigenvalue weighted by Gasteiger charge is 2.55. The number of carbonyl (C=O) groups is 7. The third kappa shape index (κ3) is 16.7. The molecule has 0 radical (unpaired) electrons. The number of ether oxygens (including phenoxy) is 5. The first-order chi connectivity index (χ1) is 55.7. The highest BCUT2D eigenvalue weighted by atomic mass is 32.2. The zero-order valence-electron chi connectivity index (χ0n) is 60.9. The van der Waals surface area contributed by atoms with Crippen molar-refractivity contribution in [3.05, 3.63) is 381 Å². The Balaban J connectivity index is 0.804. The first-order valence-electron chi connectivity index (χ1n) is 36.0. The maximum atomic E-state index is 15.9. The average molecular weight is 1570 g/mol. The molecule has 26 heteroatoms. The standard InChI is InChI=1S/C88H68N10O13S3/c1-55(99)106-70-49-48-63(50-71(70)107-56(2)100)79(86(105)110-78(61-38-20-7-21-39-61)62-40-22-8-23-41-62)111-94-73(69-54-114-87(89-69)91-88(65-42-24-9-25-43-65,66-44-26-10-27-45-66)67-46-28-11-29-47-67)81(101)90-74-82(102)97-75(85(104)109-77(59-34-16-5-17-35-59)60-36-18-6-19-37-60)64(53-113-83(74)97)52-112-72-51-68(80-92-95-96-98(80)93-72)84(103)108-76(57-30-12-3-13-31-57)58-32-14-4-15-33-58/h3-51,54,74,76-79,83H,52-53H2,1-2H3,(H,89,91)(H,90,101)/b94-73-/t74-,79?,83-/m1/s1. The number of benzene rings is 10. The topological polar surface area (TPSA) is 283 Å². The Morgan fingerprint density at radius 3 is 1.49 bits per heavy atom. The fraction of sp³-hybridized carbons (Fsp3) is 0.125. The largest absolute Gasteiger partial charge is 0.449 e. The second kappa shape index (κ2) is 34.7. The molecule has 15 rings (SSSR count). The van der Waals surface area contributed by atoms with Gasteiger partial charge in [-0.05, 0) is 84.3 Å². The maximum absolute atomic E-state index is 15.9. The number of oxime groups is 1. The monoisotopic (exact) mass is 1570 g/mol. The molecule has 1 saturated heterocycles. The smallest absolute Gasteiger partial charge is 0.356 e. The van der Waals surface area contributed by atoms with E-state index in [2.05, 4.69) is 36.4 Å². The van der Waals surface area contributed by atoms with Gasteiger partial charge in [0.25, 0.3) is 11.8 Å². The molecular formula is C88H68N10O13S3. The molecule has 0 spiro atoms. The minimum atomic E-state index is -1.90. The SMILES string of the molecule is CC(=O)Oc1ccc(C(O/N=C(\C(=O)N[C@@H]2C(=O)N3C(C(=O)OC(c4ccccc4)c4ccccc4)=C(CSc4cc(C(=O)OC(c5ccccc5)c5ccccc5)c5nnnn5n4)CS[C@H]23)c2csc(NC(c3ccccc3)(c3ccccc3)c3ccccc3)n2)C(=O)OC(c2ccccc2)c2ccccc2)cc1OC(C)=O. The summed E-state index contributed by atoms with van der Waals surface area (Å²) in [4.78, 5) is 115. The fourth-order valence-corrected chi connectivity index (χ4v) is 16.6. The van der Waals surface area contributed by atoms with Crippen LogP contribution in [0, 0.1) is 0 Å². The van der Waals surface area contributed by atoms with Crippen LogP contribution in [0.4, 0.5) is 5.13 Å². The molecule has 2 amide bonds. The summed E-state index contributed by atoms with van der Waals surface area (Å²) in [6.45, 7) is 2.31. The lowest BCUT2D eigenvalue weighted by Crippen LogP contribution is -2.71. The van der Waals surface area contributed by atoms with Crippen LogP contribution in [0.1, 0.15) is 110 Å². The molecule has 3 aromatic heterocycles. The zero-order chi connectivity index (χ0) is 78.5. The summed E-state index contributed by atoms with van der Waals surface area (Å²) >= 11 is 3.53. The molecule has 10 aromatic carbocycles. The van der Waals surface area contributed by atoms with Crippen LogP contribution in [0.25, 0.3) is 5.65 Å². The Morgan fingerprint density at radius 2 is 1.01 bits per heavy atom. The summed E-state index contributed by atoms with van der Waals surface area (Å²) in [5.41, 5.74) is 5.01. The van der Waals surface area contributed by atoms with Crippen LogP contribution < -0.4 is 20.1 Å². The highest BCUT2D eigenvalue weighted by molar-refractivity contribution is 8.01. The molecule has 1 fully saturated rings. The van der Waals surface area contributed by atoms with Gasteiger partial charge in [0.15, 0.2) is 40.7 Å². The van der Waals surface area contributed by atoms with Crippen LogP contribution in [0.2, 0.25) is 0 Å². The summed E-state index contributed by atoms with van der Waals surface area (Å²) in [7, 11) is 0. The third-order valence-electron chi connectivity index (χ3n) is 18.7. The third-order valence-corrected chi connectivity index (χ3v) is 21.8. The summed E-state index contributed by atoms with van der Waals surface area (Å²) in [5, 5.41) is 29.1. The molecule has 114 heavy (non-hydrogen) atoms. The van der Waals surface area contributed by atoms with E-state index in [-0.39, 0.29) is 56.2 Å². The molecule has 2 aliphatic heterocycles. The molecule has 0 bridgehead atoms. The normalized spacial score (nSPS) is 14.3. The van der Waals surface area contributed by atoms with E-state index in [1.165, 1.54) is 40.9 Å². The van der Waals surface area contributed by atoms with Crippen molar-refractivity contribution >= 4 is 93.0 Å². The van der Waals surface area contributed by atoms with Gasteiger partial charge in [0, 0.05) is 36.3 Å². The average Bonchev–Trinajstić information content (AvgIpc) is 0.771. The van der Waals surface area contributed by atoms with Crippen molar-refractivity contribution in [2.75, 3.05) is 16.8 Å². The molecule has 13 aromatic rings. The minimum absolute atomic E-state index is 0.00239. The van der Waals surface area contributed by atoms with Gasteiger partial charge in [-0.2, -0.15) is 0 Å². The first-order valence-corrected chi connectivity index (χ1v) is 38.9. The van der Waals surface area contributed by atoms with Gasteiger partial charge in [0.1, 0.15) is 38.9 Å². The van der Waals surface area contributed by atoms with Crippen molar-refractivity contribution in [3.8, 4) is 11.5 Å². The molecular weight excluding hydrogens is 1500 g/mol. The lowest BCUT2D eigenvalue weighted by molar-refractivity contribution is -0.162. The number of fused-ring (bicyclic) bond motifs is 2. The molecule has 2 N–H and O–H groups in total. The molecule has 0 aliphatic carbocycles. The van der Waals surface area contributed by atoms with Gasteiger partial charge in [0.05, 0.1) is 0 Å². The van der Waals surface area contributed by atoms with E-state index in [1.807, 2.05) is 224 Å². The van der Waals surface area contributed by atoms with E-state index in [0.29, 0.717) is 33.0 Å². The summed E-state index contributed by atoms with van der Waals surface area (Å²) in [6.07, 6.45) is -4.73. The van der Waals surface area contributed by atoms with E-state index in [1.54, 1.807) is 53.9 Å². The number of β-lactam (4-membered cyclic amide) rings is 1. The van der Waals surface area contributed by atoms with Gasteiger partial charge in [-0.25, -0.2) is 19.4 Å². The van der Waals surface area contributed by atoms with Crippen molar-refractivity contribution in [2.45, 2.75) is 60.2 Å². The Kier molecular flexibility index (Phi) is 23.0. The molecule has 23 nitrogen and oxygen atoms in total. The maximum Gasteiger partial charge on any atom is 0.356 e.